The average molecular weight is 223 g/mol. The van der Waals surface area contributed by atoms with Gasteiger partial charge in [0.15, 0.2) is 0 Å². The van der Waals surface area contributed by atoms with Crippen LogP contribution in [0.1, 0.15) is 26.1 Å². The number of aromatic nitrogens is 2. The molecule has 1 aromatic heterocycles. The van der Waals surface area contributed by atoms with E-state index < -0.39 is 0 Å². The highest BCUT2D eigenvalue weighted by atomic mass is 16.3. The number of aliphatic hydroxyl groups excluding tert-OH is 1. The van der Waals surface area contributed by atoms with Gasteiger partial charge in [-0.1, -0.05) is 6.92 Å². The van der Waals surface area contributed by atoms with E-state index in [0.717, 1.165) is 38.4 Å². The van der Waals surface area contributed by atoms with Gasteiger partial charge in [0, 0.05) is 32.0 Å². The summed E-state index contributed by atoms with van der Waals surface area (Å²) >= 11 is 0. The lowest BCUT2D eigenvalue weighted by molar-refractivity contribution is 0.0307. The van der Waals surface area contributed by atoms with Crippen LogP contribution in [0.3, 0.4) is 0 Å². The van der Waals surface area contributed by atoms with Crippen LogP contribution in [0, 0.1) is 5.92 Å². The third-order valence-electron chi connectivity index (χ3n) is 3.45. The number of imidazole rings is 1. The molecule has 90 valence electrons. The third-order valence-corrected chi connectivity index (χ3v) is 3.45. The van der Waals surface area contributed by atoms with Gasteiger partial charge in [-0.05, 0) is 19.3 Å². The molecule has 0 saturated carbocycles. The zero-order valence-electron chi connectivity index (χ0n) is 10.1. The molecule has 2 unspecified atom stereocenters. The normalized spacial score (nSPS) is 27.2. The van der Waals surface area contributed by atoms with Crippen LogP contribution in [0.5, 0.6) is 0 Å². The first-order chi connectivity index (χ1) is 7.70. The predicted molar refractivity (Wildman–Crippen MR) is 63.0 cm³/mol. The van der Waals surface area contributed by atoms with Gasteiger partial charge in [-0.25, -0.2) is 4.98 Å². The minimum absolute atomic E-state index is 0.123. The summed E-state index contributed by atoms with van der Waals surface area (Å²) in [5.74, 6) is 1.50. The van der Waals surface area contributed by atoms with Crippen molar-refractivity contribution >= 4 is 0 Å². The highest BCUT2D eigenvalue weighted by molar-refractivity contribution is 4.93. The average Bonchev–Trinajstić information content (AvgIpc) is 2.71. The molecule has 1 aromatic rings. The van der Waals surface area contributed by atoms with E-state index in [0.29, 0.717) is 5.92 Å². The van der Waals surface area contributed by atoms with Crippen molar-refractivity contribution in [3.05, 3.63) is 18.2 Å². The van der Waals surface area contributed by atoms with E-state index in [1.165, 1.54) is 0 Å². The van der Waals surface area contributed by atoms with Gasteiger partial charge in [-0.3, -0.25) is 4.90 Å². The van der Waals surface area contributed by atoms with Gasteiger partial charge in [0.25, 0.3) is 0 Å². The highest BCUT2D eigenvalue weighted by Gasteiger charge is 2.24. The first-order valence-electron chi connectivity index (χ1n) is 6.11. The molecule has 2 rings (SSSR count). The number of hydrogen-bond donors (Lipinski definition) is 1. The molecule has 1 aliphatic rings. The fourth-order valence-electron chi connectivity index (χ4n) is 2.34. The third kappa shape index (κ3) is 2.44. The van der Waals surface area contributed by atoms with Gasteiger partial charge in [0.1, 0.15) is 5.82 Å². The van der Waals surface area contributed by atoms with E-state index in [9.17, 15) is 5.11 Å². The SMILES string of the molecule is CCn1ccnc1CN1CCC(O)C(C)C1. The minimum atomic E-state index is -0.123. The number of rotatable bonds is 3. The Kier molecular flexibility index (Phi) is 3.61. The van der Waals surface area contributed by atoms with Gasteiger partial charge in [-0.2, -0.15) is 0 Å². The second kappa shape index (κ2) is 4.97. The molecular formula is C12H21N3O. The molecule has 16 heavy (non-hydrogen) atoms. The zero-order valence-corrected chi connectivity index (χ0v) is 10.1. The molecule has 1 N–H and O–H groups in total. The van der Waals surface area contributed by atoms with Gasteiger partial charge < -0.3 is 9.67 Å². The standard InChI is InChI=1S/C12H21N3O/c1-3-15-7-5-13-12(15)9-14-6-4-11(16)10(2)8-14/h5,7,10-11,16H,3-4,6,8-9H2,1-2H3. The molecule has 0 spiro atoms. The van der Waals surface area contributed by atoms with Crippen molar-refractivity contribution < 1.29 is 5.11 Å². The molecule has 0 radical (unpaired) electrons. The topological polar surface area (TPSA) is 41.3 Å². The molecule has 1 saturated heterocycles. The molecule has 1 aliphatic heterocycles. The summed E-state index contributed by atoms with van der Waals surface area (Å²) in [6.07, 6.45) is 4.65. The molecule has 0 aromatic carbocycles. The van der Waals surface area contributed by atoms with Crippen molar-refractivity contribution in [2.75, 3.05) is 13.1 Å². The first-order valence-corrected chi connectivity index (χ1v) is 6.11. The second-order valence-electron chi connectivity index (χ2n) is 4.70. The van der Waals surface area contributed by atoms with Crippen molar-refractivity contribution in [1.82, 2.24) is 14.5 Å². The van der Waals surface area contributed by atoms with E-state index in [4.69, 9.17) is 0 Å². The van der Waals surface area contributed by atoms with Crippen LogP contribution in [-0.2, 0) is 13.1 Å². The molecule has 4 heteroatoms. The maximum Gasteiger partial charge on any atom is 0.122 e. The van der Waals surface area contributed by atoms with E-state index in [1.54, 1.807) is 0 Å². The first kappa shape index (κ1) is 11.6. The predicted octanol–water partition coefficient (Wildman–Crippen LogP) is 1.11. The summed E-state index contributed by atoms with van der Waals surface area (Å²) in [5.41, 5.74) is 0. The van der Waals surface area contributed by atoms with E-state index in [-0.39, 0.29) is 6.10 Å². The Bertz CT molecular complexity index is 337. The lowest BCUT2D eigenvalue weighted by atomic mass is 9.97. The zero-order chi connectivity index (χ0) is 11.5. The summed E-state index contributed by atoms with van der Waals surface area (Å²) in [6, 6.07) is 0. The fraction of sp³-hybridized carbons (Fsp3) is 0.750. The molecular weight excluding hydrogens is 202 g/mol. The molecule has 0 bridgehead atoms. The van der Waals surface area contributed by atoms with Crippen LogP contribution in [-0.4, -0.2) is 38.8 Å². The highest BCUT2D eigenvalue weighted by Crippen LogP contribution is 2.18. The smallest absolute Gasteiger partial charge is 0.122 e. The number of nitrogens with zero attached hydrogens (tertiary/aromatic N) is 3. The monoisotopic (exact) mass is 223 g/mol. The number of hydrogen-bond acceptors (Lipinski definition) is 3. The minimum Gasteiger partial charge on any atom is -0.393 e. The molecule has 0 aliphatic carbocycles. The fourth-order valence-corrected chi connectivity index (χ4v) is 2.34. The van der Waals surface area contributed by atoms with Crippen molar-refractivity contribution in [2.45, 2.75) is 39.5 Å². The number of piperidine rings is 1. The van der Waals surface area contributed by atoms with E-state index >= 15 is 0 Å². The van der Waals surface area contributed by atoms with Gasteiger partial charge in [0.2, 0.25) is 0 Å². The van der Waals surface area contributed by atoms with Crippen molar-refractivity contribution in [3.63, 3.8) is 0 Å². The lowest BCUT2D eigenvalue weighted by Crippen LogP contribution is -2.41. The molecule has 2 atom stereocenters. The summed E-state index contributed by atoms with van der Waals surface area (Å²) in [6.45, 7) is 8.07. The number of aliphatic hydroxyl groups is 1. The Labute approximate surface area is 96.9 Å². The van der Waals surface area contributed by atoms with E-state index in [2.05, 4.69) is 28.3 Å². The van der Waals surface area contributed by atoms with Crippen LogP contribution < -0.4 is 0 Å². The van der Waals surface area contributed by atoms with Crippen LogP contribution in [0.15, 0.2) is 12.4 Å². The maximum absolute atomic E-state index is 9.67. The van der Waals surface area contributed by atoms with E-state index in [1.807, 2.05) is 12.4 Å². The molecule has 1 fully saturated rings. The van der Waals surface area contributed by atoms with Gasteiger partial charge >= 0.3 is 0 Å². The second-order valence-corrected chi connectivity index (χ2v) is 4.70. The van der Waals surface area contributed by atoms with Crippen molar-refractivity contribution in [1.29, 1.82) is 0 Å². The number of likely N-dealkylation sites (tertiary alicyclic amines) is 1. The quantitative estimate of drug-likeness (QED) is 0.834. The Morgan fingerprint density at radius 2 is 2.38 bits per heavy atom. The van der Waals surface area contributed by atoms with Crippen LogP contribution in [0.25, 0.3) is 0 Å². The van der Waals surface area contributed by atoms with Crippen molar-refractivity contribution in [2.24, 2.45) is 5.92 Å². The number of aryl methyl sites for hydroxylation is 1. The van der Waals surface area contributed by atoms with Gasteiger partial charge in [0.05, 0.1) is 12.6 Å². The summed E-state index contributed by atoms with van der Waals surface area (Å²) in [5, 5.41) is 9.67. The summed E-state index contributed by atoms with van der Waals surface area (Å²) in [7, 11) is 0. The molecule has 2 heterocycles. The Morgan fingerprint density at radius 3 is 3.06 bits per heavy atom. The van der Waals surface area contributed by atoms with Crippen LogP contribution in [0.4, 0.5) is 0 Å². The summed E-state index contributed by atoms with van der Waals surface area (Å²) in [4.78, 5) is 6.76. The molecule has 4 nitrogen and oxygen atoms in total. The molecule has 0 amide bonds. The van der Waals surface area contributed by atoms with Gasteiger partial charge in [-0.15, -0.1) is 0 Å². The maximum atomic E-state index is 9.67. The van der Waals surface area contributed by atoms with Crippen LogP contribution in [0.2, 0.25) is 0 Å². The van der Waals surface area contributed by atoms with Crippen LogP contribution >= 0.6 is 0 Å². The lowest BCUT2D eigenvalue weighted by Gasteiger charge is -2.34. The summed E-state index contributed by atoms with van der Waals surface area (Å²) < 4.78 is 2.18. The Morgan fingerprint density at radius 1 is 1.56 bits per heavy atom. The Balaban J connectivity index is 1.95. The van der Waals surface area contributed by atoms with Crippen molar-refractivity contribution in [3.8, 4) is 0 Å². The largest absolute Gasteiger partial charge is 0.393 e. The Hall–Kier alpha value is -0.870.